The highest BCUT2D eigenvalue weighted by atomic mass is 32.2. The largest absolute Gasteiger partial charge is 0.273 e. The quantitative estimate of drug-likeness (QED) is 0.782. The molecule has 1 aliphatic carbocycles. The molecule has 0 N–H and O–H groups in total. The summed E-state index contributed by atoms with van der Waals surface area (Å²) in [6.45, 7) is 1.39. The number of halogens is 2. The van der Waals surface area contributed by atoms with Crippen LogP contribution >= 0.6 is 11.8 Å². The van der Waals surface area contributed by atoms with E-state index in [0.717, 1.165) is 29.3 Å². The Morgan fingerprint density at radius 2 is 2.15 bits per heavy atom. The summed E-state index contributed by atoms with van der Waals surface area (Å²) < 4.78 is 28.1. The Balaban J connectivity index is 1.89. The van der Waals surface area contributed by atoms with Gasteiger partial charge in [0.25, 0.3) is 0 Å². The number of fused-ring (bicyclic) bond motifs is 2. The minimum absolute atomic E-state index is 0.0169. The molecule has 1 unspecified atom stereocenters. The average molecular weight is 383 g/mol. The molecule has 136 valence electrons. The third-order valence-corrected chi connectivity index (χ3v) is 6.51. The van der Waals surface area contributed by atoms with Gasteiger partial charge in [0.2, 0.25) is 5.91 Å². The normalized spacial score (nSPS) is 23.3. The van der Waals surface area contributed by atoms with E-state index in [-0.39, 0.29) is 28.9 Å². The number of hydrogen-bond acceptors (Lipinski definition) is 4. The average Bonchev–Trinajstić information content (AvgIpc) is 3.18. The first kappa shape index (κ1) is 17.7. The van der Waals surface area contributed by atoms with E-state index in [1.54, 1.807) is 0 Å². The number of thioether (sulfide) groups is 1. The third kappa shape index (κ3) is 2.63. The minimum atomic E-state index is -0.924. The smallest absolute Gasteiger partial charge is 0.241 e. The monoisotopic (exact) mass is 383 g/mol. The number of rotatable bonds is 2. The van der Waals surface area contributed by atoms with Gasteiger partial charge in [-0.05, 0) is 35.7 Å². The van der Waals surface area contributed by atoms with E-state index in [4.69, 9.17) is 0 Å². The number of carbonyl (C=O) groups excluding carboxylic acids is 1. The summed E-state index contributed by atoms with van der Waals surface area (Å²) >= 11 is 1.22. The van der Waals surface area contributed by atoms with Crippen LogP contribution in [0.5, 0.6) is 0 Å². The lowest BCUT2D eigenvalue weighted by Gasteiger charge is -2.36. The van der Waals surface area contributed by atoms with Crippen LogP contribution in [0.4, 0.5) is 8.78 Å². The van der Waals surface area contributed by atoms with E-state index in [1.165, 1.54) is 23.7 Å². The van der Waals surface area contributed by atoms with Crippen molar-refractivity contribution in [2.75, 3.05) is 0 Å². The molecule has 0 aromatic heterocycles. The van der Waals surface area contributed by atoms with E-state index < -0.39 is 16.5 Å². The maximum absolute atomic E-state index is 14.3. The van der Waals surface area contributed by atoms with E-state index in [0.29, 0.717) is 6.42 Å². The van der Waals surface area contributed by atoms with Crippen LogP contribution in [0.15, 0.2) is 47.6 Å². The van der Waals surface area contributed by atoms with Crippen molar-refractivity contribution in [2.24, 2.45) is 11.0 Å². The summed E-state index contributed by atoms with van der Waals surface area (Å²) in [6.07, 6.45) is 0.842. The zero-order chi connectivity index (χ0) is 19.2. The molecule has 2 aliphatic rings. The highest BCUT2D eigenvalue weighted by Crippen LogP contribution is 2.58. The van der Waals surface area contributed by atoms with Gasteiger partial charge < -0.3 is 0 Å². The maximum atomic E-state index is 14.3. The maximum Gasteiger partial charge on any atom is 0.241 e. The first-order valence-electron chi connectivity index (χ1n) is 8.46. The van der Waals surface area contributed by atoms with Gasteiger partial charge in [-0.1, -0.05) is 36.0 Å². The number of hydrogen-bond donors (Lipinski definition) is 0. The van der Waals surface area contributed by atoms with Gasteiger partial charge in [-0.2, -0.15) is 10.4 Å². The Bertz CT molecular complexity index is 1020. The van der Waals surface area contributed by atoms with Crippen LogP contribution < -0.4 is 0 Å². The van der Waals surface area contributed by atoms with Gasteiger partial charge in [0.15, 0.2) is 0 Å². The van der Waals surface area contributed by atoms with Crippen LogP contribution in [0.3, 0.4) is 0 Å². The zero-order valence-electron chi connectivity index (χ0n) is 14.4. The minimum Gasteiger partial charge on any atom is -0.273 e. The summed E-state index contributed by atoms with van der Waals surface area (Å²) in [6, 6.07) is 13.0. The SMILES string of the molecule is CC(=O)N1N=C(c2cc(F)ccc2F)SC12c1ccccc1C[C@@H]2CC#N. The molecular formula is C20H15F2N3OS. The van der Waals surface area contributed by atoms with E-state index >= 15 is 0 Å². The molecule has 4 nitrogen and oxygen atoms in total. The second-order valence-corrected chi connectivity index (χ2v) is 7.79. The van der Waals surface area contributed by atoms with Gasteiger partial charge in [0.1, 0.15) is 21.5 Å². The molecule has 27 heavy (non-hydrogen) atoms. The summed E-state index contributed by atoms with van der Waals surface area (Å²) in [5.41, 5.74) is 1.94. The number of carbonyl (C=O) groups is 1. The van der Waals surface area contributed by atoms with Gasteiger partial charge >= 0.3 is 0 Å². The van der Waals surface area contributed by atoms with Gasteiger partial charge in [0.05, 0.1) is 6.07 Å². The molecule has 2 aromatic carbocycles. The molecule has 0 fully saturated rings. The highest BCUT2D eigenvalue weighted by Gasteiger charge is 2.57. The van der Waals surface area contributed by atoms with E-state index in [2.05, 4.69) is 11.2 Å². The van der Waals surface area contributed by atoms with Gasteiger partial charge in [-0.15, -0.1) is 0 Å². The molecule has 1 amide bonds. The van der Waals surface area contributed by atoms with Crippen LogP contribution in [0, 0.1) is 28.9 Å². The van der Waals surface area contributed by atoms with Crippen LogP contribution in [0.25, 0.3) is 0 Å². The second-order valence-electron chi connectivity index (χ2n) is 6.58. The van der Waals surface area contributed by atoms with Crippen molar-refractivity contribution < 1.29 is 13.6 Å². The number of nitriles is 1. The van der Waals surface area contributed by atoms with Crippen molar-refractivity contribution in [1.82, 2.24) is 5.01 Å². The molecule has 0 saturated heterocycles. The molecule has 0 radical (unpaired) electrons. The Morgan fingerprint density at radius 3 is 2.89 bits per heavy atom. The van der Waals surface area contributed by atoms with Crippen LogP contribution in [0.1, 0.15) is 30.0 Å². The standard InChI is InChI=1S/C20H15F2N3OS/c1-12(26)25-20(14(8-9-23)10-13-4-2-3-5-17(13)20)27-19(24-25)16-11-15(21)6-7-18(16)22/h2-7,11,14H,8,10H2,1H3/t14-,20?/m0/s1. The van der Waals surface area contributed by atoms with Crippen molar-refractivity contribution >= 4 is 22.7 Å². The molecule has 1 spiro atoms. The van der Waals surface area contributed by atoms with Crippen LogP contribution in [0.2, 0.25) is 0 Å². The van der Waals surface area contributed by atoms with Crippen molar-refractivity contribution in [2.45, 2.75) is 24.6 Å². The predicted octanol–water partition coefficient (Wildman–Crippen LogP) is 4.16. The fourth-order valence-corrected chi connectivity index (χ4v) is 5.45. The molecule has 0 saturated carbocycles. The molecule has 2 atom stereocenters. The first-order chi connectivity index (χ1) is 13.0. The van der Waals surface area contributed by atoms with Crippen molar-refractivity contribution in [3.8, 4) is 6.07 Å². The molecule has 4 rings (SSSR count). The summed E-state index contributed by atoms with van der Waals surface area (Å²) in [4.78, 5) is 11.5. The Labute approximate surface area is 159 Å². The Kier molecular flexibility index (Phi) is 4.23. The fraction of sp³-hybridized carbons (Fsp3) is 0.250. The predicted molar refractivity (Wildman–Crippen MR) is 98.6 cm³/mol. The molecule has 1 heterocycles. The molecule has 0 bridgehead atoms. The number of amides is 1. The van der Waals surface area contributed by atoms with Crippen LogP contribution in [-0.2, 0) is 16.1 Å². The van der Waals surface area contributed by atoms with E-state index in [9.17, 15) is 18.8 Å². The summed E-state index contributed by atoms with van der Waals surface area (Å²) in [7, 11) is 0. The number of benzene rings is 2. The van der Waals surface area contributed by atoms with Crippen LogP contribution in [-0.4, -0.2) is 16.0 Å². The lowest BCUT2D eigenvalue weighted by Crippen LogP contribution is -2.43. The summed E-state index contributed by atoms with van der Waals surface area (Å²) in [5, 5.41) is 15.3. The molecule has 2 aromatic rings. The third-order valence-electron chi connectivity index (χ3n) is 4.98. The number of hydrazone groups is 1. The number of nitrogens with zero attached hydrogens (tertiary/aromatic N) is 3. The fourth-order valence-electron chi connectivity index (χ4n) is 3.87. The summed E-state index contributed by atoms with van der Waals surface area (Å²) in [5.74, 6) is -1.70. The van der Waals surface area contributed by atoms with Crippen molar-refractivity contribution in [3.05, 3.63) is 70.8 Å². The zero-order valence-corrected chi connectivity index (χ0v) is 15.3. The van der Waals surface area contributed by atoms with Crippen molar-refractivity contribution in [1.29, 1.82) is 5.26 Å². The lowest BCUT2D eigenvalue weighted by atomic mass is 9.96. The Hall–Kier alpha value is -2.72. The van der Waals surface area contributed by atoms with Gasteiger partial charge in [-0.3, -0.25) is 4.79 Å². The Morgan fingerprint density at radius 1 is 1.37 bits per heavy atom. The molecule has 7 heteroatoms. The molecular weight excluding hydrogens is 368 g/mol. The second kappa shape index (κ2) is 6.46. The molecule has 1 aliphatic heterocycles. The lowest BCUT2D eigenvalue weighted by molar-refractivity contribution is -0.133. The topological polar surface area (TPSA) is 56.5 Å². The highest BCUT2D eigenvalue weighted by molar-refractivity contribution is 8.15. The van der Waals surface area contributed by atoms with Crippen molar-refractivity contribution in [3.63, 3.8) is 0 Å². The van der Waals surface area contributed by atoms with Gasteiger partial charge in [0, 0.05) is 24.8 Å². The first-order valence-corrected chi connectivity index (χ1v) is 9.28. The van der Waals surface area contributed by atoms with Gasteiger partial charge in [-0.25, -0.2) is 13.8 Å². The van der Waals surface area contributed by atoms with E-state index in [1.807, 2.05) is 24.3 Å².